The summed E-state index contributed by atoms with van der Waals surface area (Å²) in [6.07, 6.45) is 0. The summed E-state index contributed by atoms with van der Waals surface area (Å²) in [5.41, 5.74) is 1.25. The lowest BCUT2D eigenvalue weighted by Crippen LogP contribution is -2.33. The van der Waals surface area contributed by atoms with Crippen molar-refractivity contribution in [1.82, 2.24) is 4.90 Å². The van der Waals surface area contributed by atoms with Gasteiger partial charge in [0.1, 0.15) is 0 Å². The van der Waals surface area contributed by atoms with Crippen LogP contribution in [0.3, 0.4) is 0 Å². The second kappa shape index (κ2) is 6.01. The molecule has 3 nitrogen and oxygen atoms in total. The topological polar surface area (TPSA) is 32.7 Å². The molecule has 1 radical (unpaired) electrons. The van der Waals surface area contributed by atoms with Crippen LogP contribution in [0, 0.1) is 11.0 Å². The van der Waals surface area contributed by atoms with E-state index in [2.05, 4.69) is 27.7 Å². The normalized spacial score (nSPS) is 11.8. The Morgan fingerprint density at radius 1 is 1.44 bits per heavy atom. The van der Waals surface area contributed by atoms with E-state index < -0.39 is 0 Å². The van der Waals surface area contributed by atoms with Crippen LogP contribution in [0.4, 0.5) is 0 Å². The van der Waals surface area contributed by atoms with E-state index in [1.165, 1.54) is 5.56 Å². The molecule has 0 atom stereocenters. The molecule has 0 aliphatic heterocycles. The Balaban J connectivity index is 2.47. The number of benzene rings is 1. The number of nitrogens with zero attached hydrogens (tertiary/aromatic N) is 2. The van der Waals surface area contributed by atoms with E-state index in [-0.39, 0.29) is 4.75 Å². The lowest BCUT2D eigenvalue weighted by Gasteiger charge is -2.26. The van der Waals surface area contributed by atoms with Crippen LogP contribution < -0.4 is 0 Å². The standard InChI is InChI=1S/C12H17N2OS/c1-12(2,16-13-15)10-14(3)9-11-7-5-4-6-8-11/h5-8H,9-10H2,1-3H3. The zero-order valence-electron chi connectivity index (χ0n) is 9.93. The maximum atomic E-state index is 10.3. The molecule has 0 aromatic heterocycles. The van der Waals surface area contributed by atoms with E-state index >= 15 is 0 Å². The maximum absolute atomic E-state index is 10.3. The SMILES string of the molecule is CN(Cc1cc[c]cc1)CC(C)(C)SN=O. The lowest BCUT2D eigenvalue weighted by molar-refractivity contribution is 0.303. The van der Waals surface area contributed by atoms with E-state index in [4.69, 9.17) is 0 Å². The summed E-state index contributed by atoms with van der Waals surface area (Å²) < 4.78 is 2.76. The van der Waals surface area contributed by atoms with Gasteiger partial charge in [0, 0.05) is 34.4 Å². The molecule has 0 unspecified atom stereocenters. The first-order valence-electron chi connectivity index (χ1n) is 5.18. The molecule has 0 heterocycles. The second-order valence-electron chi connectivity index (χ2n) is 4.51. The fourth-order valence-corrected chi connectivity index (χ4v) is 2.15. The Kier molecular flexibility index (Phi) is 4.96. The van der Waals surface area contributed by atoms with Crippen LogP contribution in [-0.2, 0) is 6.54 Å². The Morgan fingerprint density at radius 3 is 2.62 bits per heavy atom. The molecule has 87 valence electrons. The van der Waals surface area contributed by atoms with Crippen LogP contribution in [0.15, 0.2) is 28.8 Å². The number of nitroso groups, excluding NO2 is 1. The van der Waals surface area contributed by atoms with Gasteiger partial charge in [0.25, 0.3) is 0 Å². The quantitative estimate of drug-likeness (QED) is 0.563. The highest BCUT2D eigenvalue weighted by atomic mass is 32.2. The molecular weight excluding hydrogens is 220 g/mol. The van der Waals surface area contributed by atoms with Crippen molar-refractivity contribution in [3.63, 3.8) is 0 Å². The van der Waals surface area contributed by atoms with Crippen LogP contribution in [-0.4, -0.2) is 23.2 Å². The molecule has 0 fully saturated rings. The van der Waals surface area contributed by atoms with Gasteiger partial charge in [0.2, 0.25) is 0 Å². The van der Waals surface area contributed by atoms with Gasteiger partial charge in [-0.15, -0.1) is 4.91 Å². The predicted molar refractivity (Wildman–Crippen MR) is 69.1 cm³/mol. The van der Waals surface area contributed by atoms with Crippen LogP contribution in [0.5, 0.6) is 0 Å². The van der Waals surface area contributed by atoms with Crippen molar-refractivity contribution in [3.05, 3.63) is 40.8 Å². The van der Waals surface area contributed by atoms with Gasteiger partial charge in [-0.1, -0.05) is 24.3 Å². The first kappa shape index (κ1) is 13.2. The number of hydrogen-bond acceptors (Lipinski definition) is 4. The van der Waals surface area contributed by atoms with Gasteiger partial charge in [-0.25, -0.2) is 0 Å². The first-order valence-corrected chi connectivity index (χ1v) is 5.95. The Hall–Kier alpha value is -0.870. The van der Waals surface area contributed by atoms with Crippen molar-refractivity contribution in [2.24, 2.45) is 4.58 Å². The van der Waals surface area contributed by atoms with Crippen LogP contribution in [0.2, 0.25) is 0 Å². The highest BCUT2D eigenvalue weighted by Gasteiger charge is 2.21. The summed E-state index contributed by atoms with van der Waals surface area (Å²) in [5, 5.41) is 0. The van der Waals surface area contributed by atoms with Crippen molar-refractivity contribution in [3.8, 4) is 0 Å². The summed E-state index contributed by atoms with van der Waals surface area (Å²) in [7, 11) is 2.05. The first-order chi connectivity index (χ1) is 7.53. The summed E-state index contributed by atoms with van der Waals surface area (Å²) in [6.45, 7) is 5.74. The maximum Gasteiger partial charge on any atom is 0.0482 e. The predicted octanol–water partition coefficient (Wildman–Crippen LogP) is 3.11. The van der Waals surface area contributed by atoms with E-state index in [1.54, 1.807) is 0 Å². The van der Waals surface area contributed by atoms with Crippen molar-refractivity contribution in [1.29, 1.82) is 0 Å². The molecule has 0 amide bonds. The van der Waals surface area contributed by atoms with E-state index in [0.29, 0.717) is 0 Å². The smallest absolute Gasteiger partial charge is 0.0482 e. The molecule has 16 heavy (non-hydrogen) atoms. The van der Waals surface area contributed by atoms with Crippen molar-refractivity contribution in [2.75, 3.05) is 13.6 Å². The van der Waals surface area contributed by atoms with Gasteiger partial charge in [0.05, 0.1) is 0 Å². The molecule has 0 aliphatic rings. The van der Waals surface area contributed by atoms with Crippen molar-refractivity contribution < 1.29 is 0 Å². The minimum absolute atomic E-state index is 0.141. The van der Waals surface area contributed by atoms with E-state index in [1.807, 2.05) is 33.0 Å². The molecule has 0 aliphatic carbocycles. The Bertz CT molecular complexity index is 327. The van der Waals surface area contributed by atoms with Crippen LogP contribution in [0.1, 0.15) is 19.4 Å². The van der Waals surface area contributed by atoms with E-state index in [9.17, 15) is 4.91 Å². The third-order valence-corrected chi connectivity index (χ3v) is 2.87. The van der Waals surface area contributed by atoms with Crippen LogP contribution in [0.25, 0.3) is 0 Å². The highest BCUT2D eigenvalue weighted by molar-refractivity contribution is 7.99. The fourth-order valence-electron chi connectivity index (χ4n) is 1.67. The van der Waals surface area contributed by atoms with Crippen molar-refractivity contribution in [2.45, 2.75) is 25.1 Å². The summed E-state index contributed by atoms with van der Waals surface area (Å²) in [6, 6.07) is 10.9. The Morgan fingerprint density at radius 2 is 2.06 bits per heavy atom. The monoisotopic (exact) mass is 237 g/mol. The highest BCUT2D eigenvalue weighted by Crippen LogP contribution is 2.26. The summed E-state index contributed by atoms with van der Waals surface area (Å²) in [5.74, 6) is 0. The van der Waals surface area contributed by atoms with Crippen molar-refractivity contribution >= 4 is 11.9 Å². The molecule has 1 aromatic carbocycles. The molecule has 0 N–H and O–H groups in total. The van der Waals surface area contributed by atoms with Gasteiger partial charge >= 0.3 is 0 Å². The van der Waals surface area contributed by atoms with Gasteiger partial charge in [0.15, 0.2) is 0 Å². The van der Waals surface area contributed by atoms with Gasteiger partial charge in [-0.2, -0.15) is 0 Å². The van der Waals surface area contributed by atoms with Gasteiger partial charge in [-0.3, -0.25) is 0 Å². The second-order valence-corrected chi connectivity index (χ2v) is 5.94. The number of rotatable bonds is 6. The number of hydrogen-bond donors (Lipinski definition) is 0. The zero-order chi connectivity index (χ0) is 12.0. The molecule has 1 rings (SSSR count). The molecule has 0 saturated heterocycles. The third-order valence-electron chi connectivity index (χ3n) is 2.17. The molecule has 4 heteroatoms. The Labute approximate surface area is 101 Å². The van der Waals surface area contributed by atoms with E-state index in [0.717, 1.165) is 25.0 Å². The average Bonchev–Trinajstić information content (AvgIpc) is 2.17. The lowest BCUT2D eigenvalue weighted by atomic mass is 10.1. The average molecular weight is 237 g/mol. The minimum atomic E-state index is -0.141. The largest absolute Gasteiger partial charge is 0.301 e. The summed E-state index contributed by atoms with van der Waals surface area (Å²) >= 11 is 1.09. The van der Waals surface area contributed by atoms with Gasteiger partial charge < -0.3 is 4.90 Å². The minimum Gasteiger partial charge on any atom is -0.301 e. The molecule has 0 bridgehead atoms. The zero-order valence-corrected chi connectivity index (χ0v) is 10.8. The third kappa shape index (κ3) is 4.77. The fraction of sp³-hybridized carbons (Fsp3) is 0.500. The molecule has 0 saturated carbocycles. The van der Waals surface area contributed by atoms with Crippen LogP contribution >= 0.6 is 11.9 Å². The molecule has 1 aromatic rings. The molecular formula is C12H17N2OS. The summed E-state index contributed by atoms with van der Waals surface area (Å²) in [4.78, 5) is 12.4. The molecule has 0 spiro atoms. The van der Waals surface area contributed by atoms with Gasteiger partial charge in [-0.05, 0) is 32.5 Å².